The zero-order valence-electron chi connectivity index (χ0n) is 16.1. The lowest BCUT2D eigenvalue weighted by molar-refractivity contribution is 0.0741. The molecule has 1 aromatic carbocycles. The van der Waals surface area contributed by atoms with Gasteiger partial charge in [-0.15, -0.1) is 0 Å². The first kappa shape index (κ1) is 17.8. The molecule has 5 rings (SSSR count). The van der Waals surface area contributed by atoms with Gasteiger partial charge in [0.2, 0.25) is 0 Å². The minimum atomic E-state index is -0.106. The Balaban J connectivity index is 1.33. The van der Waals surface area contributed by atoms with E-state index in [1.54, 1.807) is 11.2 Å². The van der Waals surface area contributed by atoms with E-state index in [0.717, 1.165) is 24.0 Å². The number of rotatable bonds is 3. The van der Waals surface area contributed by atoms with Gasteiger partial charge in [-0.2, -0.15) is 15.4 Å². The van der Waals surface area contributed by atoms with Crippen LogP contribution < -0.4 is 10.5 Å². The zero-order valence-corrected chi connectivity index (χ0v) is 16.1. The molecule has 150 valence electrons. The zero-order chi connectivity index (χ0) is 19.8. The summed E-state index contributed by atoms with van der Waals surface area (Å²) in [6.07, 6.45) is 7.63. The van der Waals surface area contributed by atoms with Crippen molar-refractivity contribution in [3.63, 3.8) is 0 Å². The monoisotopic (exact) mass is 393 g/mol. The summed E-state index contributed by atoms with van der Waals surface area (Å²) in [6, 6.07) is 6.14. The molecular formula is C20H23N7O2. The normalized spacial score (nSPS) is 17.9. The number of aromatic amines is 1. The predicted octanol–water partition coefficient (Wildman–Crippen LogP) is 1.59. The van der Waals surface area contributed by atoms with Crippen molar-refractivity contribution in [3.8, 4) is 0 Å². The van der Waals surface area contributed by atoms with Crippen LogP contribution in [-0.2, 0) is 0 Å². The molecule has 1 aliphatic carbocycles. The second-order valence-electron chi connectivity index (χ2n) is 7.73. The highest BCUT2D eigenvalue weighted by molar-refractivity contribution is 5.92. The summed E-state index contributed by atoms with van der Waals surface area (Å²) in [4.78, 5) is 33.9. The fourth-order valence-electron chi connectivity index (χ4n) is 4.40. The summed E-state index contributed by atoms with van der Waals surface area (Å²) in [5.41, 5.74) is 2.14. The maximum absolute atomic E-state index is 12.9. The van der Waals surface area contributed by atoms with Crippen LogP contribution in [0.2, 0.25) is 0 Å². The van der Waals surface area contributed by atoms with Crippen LogP contribution in [0.25, 0.3) is 10.9 Å². The summed E-state index contributed by atoms with van der Waals surface area (Å²) in [6.45, 7) is 2.66. The highest BCUT2D eigenvalue weighted by Crippen LogP contribution is 2.28. The Bertz CT molecular complexity index is 1080. The van der Waals surface area contributed by atoms with Crippen LogP contribution in [-0.4, -0.2) is 61.9 Å². The van der Waals surface area contributed by atoms with E-state index in [2.05, 4.69) is 25.3 Å². The van der Waals surface area contributed by atoms with E-state index in [9.17, 15) is 9.59 Å². The average Bonchev–Trinajstić information content (AvgIpc) is 3.48. The van der Waals surface area contributed by atoms with Gasteiger partial charge in [0.25, 0.3) is 11.5 Å². The summed E-state index contributed by atoms with van der Waals surface area (Å²) in [5.74, 6) is -0.106. The number of H-pyrrole nitrogens is 1. The first-order valence-electron chi connectivity index (χ1n) is 10.1. The number of hydrogen-bond donors (Lipinski definition) is 1. The molecule has 3 heterocycles. The molecule has 1 saturated carbocycles. The Morgan fingerprint density at radius 3 is 2.62 bits per heavy atom. The number of nitrogens with one attached hydrogen (secondary N) is 1. The largest absolute Gasteiger partial charge is 0.368 e. The van der Waals surface area contributed by atoms with Crippen LogP contribution in [0.3, 0.4) is 0 Å². The number of anilines is 1. The lowest BCUT2D eigenvalue weighted by Gasteiger charge is -2.35. The van der Waals surface area contributed by atoms with Gasteiger partial charge in [0.05, 0.1) is 23.4 Å². The number of amides is 1. The quantitative estimate of drug-likeness (QED) is 0.725. The summed E-state index contributed by atoms with van der Waals surface area (Å²) in [5, 5.41) is 10.7. The van der Waals surface area contributed by atoms with Gasteiger partial charge in [-0.3, -0.25) is 14.2 Å². The molecule has 29 heavy (non-hydrogen) atoms. The SMILES string of the molecule is O=C(c1cn[nH]n1)N1CCN(c2ccc3c(=O)n(C4CCCC4)cnc3c2)CC1. The lowest BCUT2D eigenvalue weighted by atomic mass is 10.1. The lowest BCUT2D eigenvalue weighted by Crippen LogP contribution is -2.48. The van der Waals surface area contributed by atoms with Crippen LogP contribution in [0.5, 0.6) is 0 Å². The number of carbonyl (C=O) groups excluding carboxylic acids is 1. The molecule has 1 amide bonds. The molecule has 2 fully saturated rings. The molecule has 2 aromatic heterocycles. The van der Waals surface area contributed by atoms with Crippen molar-refractivity contribution >= 4 is 22.5 Å². The van der Waals surface area contributed by atoms with Crippen molar-refractivity contribution < 1.29 is 4.79 Å². The highest BCUT2D eigenvalue weighted by Gasteiger charge is 2.24. The van der Waals surface area contributed by atoms with Crippen molar-refractivity contribution in [3.05, 3.63) is 46.8 Å². The summed E-state index contributed by atoms with van der Waals surface area (Å²) < 4.78 is 1.81. The van der Waals surface area contributed by atoms with E-state index < -0.39 is 0 Å². The Morgan fingerprint density at radius 1 is 1.10 bits per heavy atom. The number of benzene rings is 1. The number of hydrogen-bond acceptors (Lipinski definition) is 6. The van der Waals surface area contributed by atoms with Crippen molar-refractivity contribution in [1.29, 1.82) is 0 Å². The van der Waals surface area contributed by atoms with Crippen LogP contribution in [0, 0.1) is 0 Å². The van der Waals surface area contributed by atoms with Crippen LogP contribution in [0.1, 0.15) is 42.2 Å². The van der Waals surface area contributed by atoms with E-state index in [-0.39, 0.29) is 17.5 Å². The molecule has 0 bridgehead atoms. The predicted molar refractivity (Wildman–Crippen MR) is 108 cm³/mol. The fraction of sp³-hybridized carbons (Fsp3) is 0.450. The van der Waals surface area contributed by atoms with Gasteiger partial charge < -0.3 is 9.80 Å². The van der Waals surface area contributed by atoms with E-state index >= 15 is 0 Å². The number of carbonyl (C=O) groups is 1. The van der Waals surface area contributed by atoms with Crippen LogP contribution >= 0.6 is 0 Å². The Labute approximate surface area is 167 Å². The maximum atomic E-state index is 12.9. The van der Waals surface area contributed by atoms with Gasteiger partial charge in [-0.25, -0.2) is 4.98 Å². The van der Waals surface area contributed by atoms with E-state index in [1.165, 1.54) is 19.0 Å². The molecule has 1 aliphatic heterocycles. The fourth-order valence-corrected chi connectivity index (χ4v) is 4.40. The van der Waals surface area contributed by atoms with Gasteiger partial charge in [0.15, 0.2) is 5.69 Å². The number of aromatic nitrogens is 5. The van der Waals surface area contributed by atoms with Crippen molar-refractivity contribution in [2.24, 2.45) is 0 Å². The topological polar surface area (TPSA) is 100 Å². The van der Waals surface area contributed by atoms with E-state index in [1.807, 2.05) is 22.8 Å². The third-order valence-electron chi connectivity index (χ3n) is 6.05. The smallest absolute Gasteiger partial charge is 0.276 e. The second kappa shape index (κ2) is 7.31. The Kier molecular flexibility index (Phi) is 4.49. The first-order valence-corrected chi connectivity index (χ1v) is 10.1. The van der Waals surface area contributed by atoms with Gasteiger partial charge in [-0.05, 0) is 31.0 Å². The molecule has 0 spiro atoms. The summed E-state index contributed by atoms with van der Waals surface area (Å²) in [7, 11) is 0. The second-order valence-corrected chi connectivity index (χ2v) is 7.73. The molecule has 1 saturated heterocycles. The van der Waals surface area contributed by atoms with Crippen molar-refractivity contribution in [2.75, 3.05) is 31.1 Å². The van der Waals surface area contributed by atoms with Gasteiger partial charge in [0.1, 0.15) is 0 Å². The molecule has 0 atom stereocenters. The minimum Gasteiger partial charge on any atom is -0.368 e. The van der Waals surface area contributed by atoms with Crippen LogP contribution in [0.15, 0.2) is 35.5 Å². The van der Waals surface area contributed by atoms with E-state index in [4.69, 9.17) is 0 Å². The Morgan fingerprint density at radius 2 is 1.90 bits per heavy atom. The number of piperazine rings is 1. The molecule has 0 radical (unpaired) electrons. The first-order chi connectivity index (χ1) is 14.2. The van der Waals surface area contributed by atoms with Crippen molar-refractivity contribution in [2.45, 2.75) is 31.7 Å². The van der Waals surface area contributed by atoms with Gasteiger partial charge >= 0.3 is 0 Å². The molecule has 0 unspecified atom stereocenters. The molecule has 3 aromatic rings. The standard InChI is InChI=1S/C20H23N7O2/c28-19-16-6-5-15(11-17(16)21-13-27(19)14-3-1-2-4-14)25-7-9-26(10-8-25)20(29)18-12-22-24-23-18/h5-6,11-14H,1-4,7-10H2,(H,22,23,24). The molecule has 2 aliphatic rings. The number of fused-ring (bicyclic) bond motifs is 1. The minimum absolute atomic E-state index is 0.0523. The van der Waals surface area contributed by atoms with E-state index in [0.29, 0.717) is 37.3 Å². The summed E-state index contributed by atoms with van der Waals surface area (Å²) >= 11 is 0. The third-order valence-corrected chi connectivity index (χ3v) is 6.05. The molecular weight excluding hydrogens is 370 g/mol. The molecule has 9 heteroatoms. The number of nitrogens with zero attached hydrogens (tertiary/aromatic N) is 6. The van der Waals surface area contributed by atoms with Crippen LogP contribution in [0.4, 0.5) is 5.69 Å². The molecule has 9 nitrogen and oxygen atoms in total. The van der Waals surface area contributed by atoms with Gasteiger partial charge in [-0.1, -0.05) is 12.8 Å². The maximum Gasteiger partial charge on any atom is 0.276 e. The third kappa shape index (κ3) is 3.26. The molecule has 1 N–H and O–H groups in total. The highest BCUT2D eigenvalue weighted by atomic mass is 16.2. The Hall–Kier alpha value is -3.23. The van der Waals surface area contributed by atoms with Crippen molar-refractivity contribution in [1.82, 2.24) is 29.9 Å². The van der Waals surface area contributed by atoms with Gasteiger partial charge in [0, 0.05) is 37.9 Å². The average molecular weight is 393 g/mol.